The van der Waals surface area contributed by atoms with Crippen molar-refractivity contribution in [3.05, 3.63) is 24.5 Å². The van der Waals surface area contributed by atoms with Crippen molar-refractivity contribution in [1.82, 2.24) is 9.97 Å². The SMILES string of the molecule is Nc1ccc2ncnc(N3CCC[C@H]4CCCC[C@H]43)c2c1. The van der Waals surface area contributed by atoms with E-state index in [1.165, 1.54) is 38.5 Å². The second-order valence-corrected chi connectivity index (χ2v) is 6.42. The lowest BCUT2D eigenvalue weighted by atomic mass is 9.78. The zero-order valence-electron chi connectivity index (χ0n) is 12.3. The first-order valence-electron chi connectivity index (χ1n) is 8.10. The highest BCUT2D eigenvalue weighted by atomic mass is 15.2. The fourth-order valence-corrected chi connectivity index (χ4v) is 4.18. The van der Waals surface area contributed by atoms with Crippen LogP contribution in [0.2, 0.25) is 0 Å². The minimum Gasteiger partial charge on any atom is -0.399 e. The van der Waals surface area contributed by atoms with Gasteiger partial charge in [0.05, 0.1) is 5.52 Å². The van der Waals surface area contributed by atoms with Crippen LogP contribution < -0.4 is 10.6 Å². The average Bonchev–Trinajstić information content (AvgIpc) is 2.54. The van der Waals surface area contributed by atoms with Crippen LogP contribution >= 0.6 is 0 Å². The Hall–Kier alpha value is -1.84. The number of hydrogen-bond acceptors (Lipinski definition) is 4. The first-order chi connectivity index (χ1) is 10.3. The summed E-state index contributed by atoms with van der Waals surface area (Å²) in [6, 6.07) is 6.60. The second kappa shape index (κ2) is 5.17. The summed E-state index contributed by atoms with van der Waals surface area (Å²) in [5.74, 6) is 1.93. The molecule has 2 fully saturated rings. The van der Waals surface area contributed by atoms with E-state index in [9.17, 15) is 0 Å². The molecular weight excluding hydrogens is 260 g/mol. The number of benzene rings is 1. The summed E-state index contributed by atoms with van der Waals surface area (Å²) < 4.78 is 0. The van der Waals surface area contributed by atoms with E-state index in [0.29, 0.717) is 6.04 Å². The summed E-state index contributed by atoms with van der Waals surface area (Å²) in [4.78, 5) is 11.5. The van der Waals surface area contributed by atoms with E-state index in [2.05, 4.69) is 14.9 Å². The van der Waals surface area contributed by atoms with Gasteiger partial charge in [0.15, 0.2) is 0 Å². The minimum absolute atomic E-state index is 0.659. The van der Waals surface area contributed by atoms with Crippen molar-refractivity contribution in [2.45, 2.75) is 44.6 Å². The maximum absolute atomic E-state index is 5.98. The monoisotopic (exact) mass is 282 g/mol. The zero-order chi connectivity index (χ0) is 14.2. The molecule has 0 amide bonds. The van der Waals surface area contributed by atoms with Crippen LogP contribution in [-0.4, -0.2) is 22.6 Å². The summed E-state index contributed by atoms with van der Waals surface area (Å²) in [5, 5.41) is 1.10. The zero-order valence-corrected chi connectivity index (χ0v) is 12.3. The Bertz CT molecular complexity index is 652. The van der Waals surface area contributed by atoms with Gasteiger partial charge in [-0.3, -0.25) is 0 Å². The molecule has 1 aliphatic carbocycles. The number of fused-ring (bicyclic) bond motifs is 2. The van der Waals surface area contributed by atoms with Gasteiger partial charge in [0.1, 0.15) is 12.1 Å². The molecule has 0 unspecified atom stereocenters. The first kappa shape index (κ1) is 12.9. The largest absolute Gasteiger partial charge is 0.399 e. The third kappa shape index (κ3) is 2.23. The van der Waals surface area contributed by atoms with Crippen molar-refractivity contribution >= 4 is 22.4 Å². The van der Waals surface area contributed by atoms with Gasteiger partial charge in [0.2, 0.25) is 0 Å². The molecule has 2 aromatic rings. The maximum atomic E-state index is 5.98. The second-order valence-electron chi connectivity index (χ2n) is 6.42. The van der Waals surface area contributed by atoms with Crippen LogP contribution in [0.15, 0.2) is 24.5 Å². The summed E-state index contributed by atoms with van der Waals surface area (Å²) in [5.41, 5.74) is 7.76. The van der Waals surface area contributed by atoms with Crippen LogP contribution in [0.1, 0.15) is 38.5 Å². The fourth-order valence-electron chi connectivity index (χ4n) is 4.18. The Morgan fingerprint density at radius 2 is 1.90 bits per heavy atom. The number of piperidine rings is 1. The lowest BCUT2D eigenvalue weighted by molar-refractivity contribution is 0.243. The Morgan fingerprint density at radius 1 is 1.05 bits per heavy atom. The number of rotatable bonds is 1. The molecule has 0 radical (unpaired) electrons. The van der Waals surface area contributed by atoms with Gasteiger partial charge < -0.3 is 10.6 Å². The van der Waals surface area contributed by atoms with Gasteiger partial charge in [0, 0.05) is 23.7 Å². The molecule has 4 nitrogen and oxygen atoms in total. The van der Waals surface area contributed by atoms with Crippen LogP contribution in [0, 0.1) is 5.92 Å². The molecule has 1 saturated carbocycles. The third-order valence-corrected chi connectivity index (χ3v) is 5.15. The Morgan fingerprint density at radius 3 is 2.86 bits per heavy atom. The van der Waals surface area contributed by atoms with Crippen molar-refractivity contribution in [2.24, 2.45) is 5.92 Å². The molecule has 1 aromatic carbocycles. The number of nitrogens with zero attached hydrogens (tertiary/aromatic N) is 3. The van der Waals surface area contributed by atoms with Gasteiger partial charge in [-0.15, -0.1) is 0 Å². The van der Waals surface area contributed by atoms with Gasteiger partial charge in [-0.1, -0.05) is 12.8 Å². The summed E-state index contributed by atoms with van der Waals surface area (Å²) in [7, 11) is 0. The van der Waals surface area contributed by atoms with Gasteiger partial charge >= 0.3 is 0 Å². The fraction of sp³-hybridized carbons (Fsp3) is 0.529. The number of nitrogens with two attached hydrogens (primary N) is 1. The molecule has 0 bridgehead atoms. The highest BCUT2D eigenvalue weighted by Gasteiger charge is 2.34. The van der Waals surface area contributed by atoms with Crippen LogP contribution in [0.3, 0.4) is 0 Å². The van der Waals surface area contributed by atoms with Crippen molar-refractivity contribution in [3.8, 4) is 0 Å². The van der Waals surface area contributed by atoms with Gasteiger partial charge in [-0.25, -0.2) is 9.97 Å². The smallest absolute Gasteiger partial charge is 0.140 e. The van der Waals surface area contributed by atoms with E-state index in [0.717, 1.165) is 34.9 Å². The predicted octanol–water partition coefficient (Wildman–Crippen LogP) is 3.37. The molecule has 0 spiro atoms. The van der Waals surface area contributed by atoms with E-state index >= 15 is 0 Å². The summed E-state index contributed by atoms with van der Waals surface area (Å²) in [6.45, 7) is 1.11. The van der Waals surface area contributed by atoms with E-state index in [1.807, 2.05) is 18.2 Å². The van der Waals surface area contributed by atoms with Gasteiger partial charge in [-0.2, -0.15) is 0 Å². The number of nitrogen functional groups attached to an aromatic ring is 1. The predicted molar refractivity (Wildman–Crippen MR) is 86.3 cm³/mol. The molecule has 2 aliphatic rings. The maximum Gasteiger partial charge on any atom is 0.140 e. The highest BCUT2D eigenvalue weighted by Crippen LogP contribution is 2.38. The van der Waals surface area contributed by atoms with E-state index < -0.39 is 0 Å². The van der Waals surface area contributed by atoms with Crippen LogP contribution in [0.5, 0.6) is 0 Å². The Balaban J connectivity index is 1.79. The molecule has 1 aromatic heterocycles. The van der Waals surface area contributed by atoms with E-state index in [-0.39, 0.29) is 0 Å². The Kier molecular flexibility index (Phi) is 3.17. The standard InChI is InChI=1S/C17H22N4/c18-13-7-8-15-14(10-13)17(20-11-19-15)21-9-3-5-12-4-1-2-6-16(12)21/h7-8,10-12,16H,1-6,9,18H2/t12-,16-/m1/s1. The average molecular weight is 282 g/mol. The highest BCUT2D eigenvalue weighted by molar-refractivity contribution is 5.91. The molecule has 4 heteroatoms. The van der Waals surface area contributed by atoms with Crippen molar-refractivity contribution in [2.75, 3.05) is 17.2 Å². The quantitative estimate of drug-likeness (QED) is 0.815. The molecule has 1 aliphatic heterocycles. The van der Waals surface area contributed by atoms with Crippen LogP contribution in [0.4, 0.5) is 11.5 Å². The van der Waals surface area contributed by atoms with Crippen molar-refractivity contribution in [1.29, 1.82) is 0 Å². The van der Waals surface area contributed by atoms with Crippen molar-refractivity contribution < 1.29 is 0 Å². The molecule has 4 rings (SSSR count). The molecular formula is C17H22N4. The molecule has 110 valence electrons. The van der Waals surface area contributed by atoms with E-state index in [1.54, 1.807) is 6.33 Å². The number of anilines is 2. The lowest BCUT2D eigenvalue weighted by Crippen LogP contribution is -2.47. The number of aromatic nitrogens is 2. The summed E-state index contributed by atoms with van der Waals surface area (Å²) >= 11 is 0. The third-order valence-electron chi connectivity index (χ3n) is 5.15. The number of hydrogen-bond donors (Lipinski definition) is 1. The molecule has 21 heavy (non-hydrogen) atoms. The minimum atomic E-state index is 0.659. The lowest BCUT2D eigenvalue weighted by Gasteiger charge is -2.45. The van der Waals surface area contributed by atoms with Crippen LogP contribution in [0.25, 0.3) is 10.9 Å². The molecule has 1 saturated heterocycles. The van der Waals surface area contributed by atoms with Gasteiger partial charge in [0.25, 0.3) is 0 Å². The molecule has 2 heterocycles. The van der Waals surface area contributed by atoms with Crippen molar-refractivity contribution in [3.63, 3.8) is 0 Å². The topological polar surface area (TPSA) is 55.0 Å². The summed E-state index contributed by atoms with van der Waals surface area (Å²) in [6.07, 6.45) is 9.78. The molecule has 2 N–H and O–H groups in total. The Labute approximate surface area is 125 Å². The van der Waals surface area contributed by atoms with Crippen LogP contribution in [-0.2, 0) is 0 Å². The normalized spacial score (nSPS) is 25.8. The first-order valence-corrected chi connectivity index (χ1v) is 8.10. The molecule has 2 atom stereocenters. The van der Waals surface area contributed by atoms with E-state index in [4.69, 9.17) is 5.73 Å². The van der Waals surface area contributed by atoms with Gasteiger partial charge in [-0.05, 0) is 49.8 Å².